The molecule has 1 aromatic carbocycles. The van der Waals surface area contributed by atoms with Crippen LogP contribution in [0.25, 0.3) is 0 Å². The monoisotopic (exact) mass is 231 g/mol. The van der Waals surface area contributed by atoms with Crippen molar-refractivity contribution in [2.75, 3.05) is 6.54 Å². The first-order valence-electron chi connectivity index (χ1n) is 5.74. The first kappa shape index (κ1) is 11.7. The van der Waals surface area contributed by atoms with E-state index in [1.54, 1.807) is 7.05 Å². The average molecular weight is 231 g/mol. The smallest absolute Gasteiger partial charge is 0.188 e. The Hall–Kier alpha value is -1.75. The number of nitrogens with one attached hydrogen (secondary N) is 1. The Balaban J connectivity index is 1.79. The van der Waals surface area contributed by atoms with Crippen molar-refractivity contribution < 1.29 is 0 Å². The topological polar surface area (TPSA) is 55.6 Å². The molecule has 0 amide bonds. The largest absolute Gasteiger partial charge is 0.309 e. The molecule has 0 radical (unpaired) electrons. The van der Waals surface area contributed by atoms with E-state index in [1.807, 2.05) is 6.07 Å². The lowest BCUT2D eigenvalue weighted by Gasteiger charge is -2.11. The van der Waals surface area contributed by atoms with Gasteiger partial charge in [0.1, 0.15) is 0 Å². The van der Waals surface area contributed by atoms with E-state index < -0.39 is 0 Å². The van der Waals surface area contributed by atoms with Gasteiger partial charge in [-0.3, -0.25) is 0 Å². The van der Waals surface area contributed by atoms with Gasteiger partial charge >= 0.3 is 0 Å². The molecule has 17 heavy (non-hydrogen) atoms. The van der Waals surface area contributed by atoms with E-state index in [0.717, 1.165) is 12.4 Å². The van der Waals surface area contributed by atoms with E-state index >= 15 is 0 Å². The molecule has 1 unspecified atom stereocenters. The molecular formula is C12H17N5. The molecule has 90 valence electrons. The van der Waals surface area contributed by atoms with E-state index in [2.05, 4.69) is 51.9 Å². The van der Waals surface area contributed by atoms with Gasteiger partial charge in [-0.05, 0) is 16.7 Å². The molecule has 1 N–H and O–H groups in total. The summed E-state index contributed by atoms with van der Waals surface area (Å²) in [6.07, 6.45) is 0. The highest BCUT2D eigenvalue weighted by atomic mass is 15.6. The molecule has 5 nitrogen and oxygen atoms in total. The van der Waals surface area contributed by atoms with Crippen molar-refractivity contribution in [2.24, 2.45) is 7.05 Å². The van der Waals surface area contributed by atoms with Crippen molar-refractivity contribution in [1.82, 2.24) is 25.5 Å². The van der Waals surface area contributed by atoms with Crippen LogP contribution in [0.4, 0.5) is 0 Å². The number of aromatic nitrogens is 4. The van der Waals surface area contributed by atoms with Gasteiger partial charge in [-0.15, -0.1) is 10.2 Å². The normalized spacial score (nSPS) is 12.6. The number of nitrogens with zero attached hydrogens (tertiary/aromatic N) is 4. The van der Waals surface area contributed by atoms with Crippen molar-refractivity contribution in [2.45, 2.75) is 19.4 Å². The molecule has 0 bridgehead atoms. The number of rotatable bonds is 5. The summed E-state index contributed by atoms with van der Waals surface area (Å²) in [5.41, 5.74) is 1.34. The van der Waals surface area contributed by atoms with Crippen LogP contribution in [-0.4, -0.2) is 26.8 Å². The number of hydrogen-bond acceptors (Lipinski definition) is 4. The maximum atomic E-state index is 4.11. The summed E-state index contributed by atoms with van der Waals surface area (Å²) in [5.74, 6) is 1.21. The van der Waals surface area contributed by atoms with Gasteiger partial charge in [0.05, 0.1) is 13.6 Å². The van der Waals surface area contributed by atoms with Crippen molar-refractivity contribution >= 4 is 0 Å². The van der Waals surface area contributed by atoms with Gasteiger partial charge in [0, 0.05) is 6.54 Å². The predicted molar refractivity (Wildman–Crippen MR) is 65.4 cm³/mol. The highest BCUT2D eigenvalue weighted by Crippen LogP contribution is 2.12. The van der Waals surface area contributed by atoms with Crippen LogP contribution in [0.2, 0.25) is 0 Å². The van der Waals surface area contributed by atoms with Crippen molar-refractivity contribution in [3.8, 4) is 0 Å². The van der Waals surface area contributed by atoms with Crippen LogP contribution in [0.5, 0.6) is 0 Å². The maximum absolute atomic E-state index is 4.11. The van der Waals surface area contributed by atoms with Gasteiger partial charge in [0.2, 0.25) is 0 Å². The Morgan fingerprint density at radius 3 is 2.71 bits per heavy atom. The molecule has 1 atom stereocenters. The zero-order chi connectivity index (χ0) is 12.1. The summed E-state index contributed by atoms with van der Waals surface area (Å²) in [6, 6.07) is 10.5. The minimum atomic E-state index is 0.480. The minimum absolute atomic E-state index is 0.480. The van der Waals surface area contributed by atoms with E-state index in [4.69, 9.17) is 0 Å². The fourth-order valence-corrected chi connectivity index (χ4v) is 1.69. The summed E-state index contributed by atoms with van der Waals surface area (Å²) in [4.78, 5) is 1.47. The average Bonchev–Trinajstić information content (AvgIpc) is 2.76. The van der Waals surface area contributed by atoms with Gasteiger partial charge in [0.15, 0.2) is 5.82 Å². The lowest BCUT2D eigenvalue weighted by molar-refractivity contribution is 0.592. The van der Waals surface area contributed by atoms with Crippen LogP contribution < -0.4 is 5.32 Å². The highest BCUT2D eigenvalue weighted by molar-refractivity contribution is 5.18. The maximum Gasteiger partial charge on any atom is 0.188 e. The first-order chi connectivity index (χ1) is 8.25. The van der Waals surface area contributed by atoms with Crippen molar-refractivity contribution in [3.63, 3.8) is 0 Å². The van der Waals surface area contributed by atoms with E-state index in [0.29, 0.717) is 12.5 Å². The second-order valence-corrected chi connectivity index (χ2v) is 4.14. The van der Waals surface area contributed by atoms with E-state index in [9.17, 15) is 0 Å². The Labute approximate surface area is 101 Å². The van der Waals surface area contributed by atoms with E-state index in [1.165, 1.54) is 10.4 Å². The number of aryl methyl sites for hydroxylation is 1. The van der Waals surface area contributed by atoms with E-state index in [-0.39, 0.29) is 0 Å². The summed E-state index contributed by atoms with van der Waals surface area (Å²) in [5, 5.41) is 15.2. The SMILES string of the molecule is CC(CNCc1nnn(C)n1)c1ccccc1. The Kier molecular flexibility index (Phi) is 3.82. The predicted octanol–water partition coefficient (Wildman–Crippen LogP) is 1.10. The third kappa shape index (κ3) is 3.35. The minimum Gasteiger partial charge on any atom is -0.309 e. The van der Waals surface area contributed by atoms with Crippen LogP contribution in [-0.2, 0) is 13.6 Å². The quantitative estimate of drug-likeness (QED) is 0.837. The van der Waals surface area contributed by atoms with Gasteiger partial charge in [0.25, 0.3) is 0 Å². The second kappa shape index (κ2) is 5.54. The molecule has 0 aliphatic heterocycles. The van der Waals surface area contributed by atoms with Crippen LogP contribution >= 0.6 is 0 Å². The van der Waals surface area contributed by atoms with Crippen LogP contribution in [0.1, 0.15) is 24.2 Å². The Bertz CT molecular complexity index is 451. The highest BCUT2D eigenvalue weighted by Gasteiger charge is 2.05. The van der Waals surface area contributed by atoms with Gasteiger partial charge in [-0.1, -0.05) is 37.3 Å². The molecule has 0 aliphatic rings. The molecule has 2 aromatic rings. The third-order valence-corrected chi connectivity index (χ3v) is 2.65. The molecule has 0 saturated heterocycles. The summed E-state index contributed by atoms with van der Waals surface area (Å²) in [6.45, 7) is 3.76. The molecule has 1 aromatic heterocycles. The zero-order valence-corrected chi connectivity index (χ0v) is 10.2. The molecule has 2 rings (SSSR count). The lowest BCUT2D eigenvalue weighted by atomic mass is 10.0. The number of hydrogen-bond donors (Lipinski definition) is 1. The third-order valence-electron chi connectivity index (χ3n) is 2.65. The fraction of sp³-hybridized carbons (Fsp3) is 0.417. The molecule has 5 heteroatoms. The second-order valence-electron chi connectivity index (χ2n) is 4.14. The molecule has 0 aliphatic carbocycles. The molecular weight excluding hydrogens is 214 g/mol. The molecule has 1 heterocycles. The van der Waals surface area contributed by atoms with Crippen LogP contribution in [0, 0.1) is 0 Å². The number of tetrazole rings is 1. The standard InChI is InChI=1S/C12H17N5/c1-10(11-6-4-3-5-7-11)8-13-9-12-14-16-17(2)15-12/h3-7,10,13H,8-9H2,1-2H3. The summed E-state index contributed by atoms with van der Waals surface area (Å²) >= 11 is 0. The zero-order valence-electron chi connectivity index (χ0n) is 10.2. The first-order valence-corrected chi connectivity index (χ1v) is 5.74. The summed E-state index contributed by atoms with van der Waals surface area (Å²) < 4.78 is 0. The fourth-order valence-electron chi connectivity index (χ4n) is 1.69. The van der Waals surface area contributed by atoms with Gasteiger partial charge in [-0.2, -0.15) is 4.80 Å². The Morgan fingerprint density at radius 1 is 1.29 bits per heavy atom. The lowest BCUT2D eigenvalue weighted by Crippen LogP contribution is -2.20. The van der Waals surface area contributed by atoms with Crippen molar-refractivity contribution in [1.29, 1.82) is 0 Å². The number of benzene rings is 1. The molecule has 0 spiro atoms. The summed E-state index contributed by atoms with van der Waals surface area (Å²) in [7, 11) is 1.77. The van der Waals surface area contributed by atoms with Crippen LogP contribution in [0.15, 0.2) is 30.3 Å². The Morgan fingerprint density at radius 2 is 2.06 bits per heavy atom. The van der Waals surface area contributed by atoms with Gasteiger partial charge < -0.3 is 5.32 Å². The van der Waals surface area contributed by atoms with Crippen molar-refractivity contribution in [3.05, 3.63) is 41.7 Å². The van der Waals surface area contributed by atoms with Crippen LogP contribution in [0.3, 0.4) is 0 Å². The molecule has 0 saturated carbocycles. The molecule has 0 fully saturated rings. The van der Waals surface area contributed by atoms with Gasteiger partial charge in [-0.25, -0.2) is 0 Å².